The lowest BCUT2D eigenvalue weighted by atomic mass is 10.1. The van der Waals surface area contributed by atoms with E-state index in [1.54, 1.807) is 13.8 Å². The number of hydrazone groups is 1. The summed E-state index contributed by atoms with van der Waals surface area (Å²) in [5.41, 5.74) is -0.793. The minimum Gasteiger partial charge on any atom is -0.365 e. The van der Waals surface area contributed by atoms with Gasteiger partial charge >= 0.3 is 0 Å². The number of anilines is 1. The predicted molar refractivity (Wildman–Crippen MR) is 91.5 cm³/mol. The van der Waals surface area contributed by atoms with Crippen molar-refractivity contribution in [2.45, 2.75) is 33.6 Å². The van der Waals surface area contributed by atoms with Crippen molar-refractivity contribution in [1.82, 2.24) is 9.97 Å². The summed E-state index contributed by atoms with van der Waals surface area (Å²) in [5, 5.41) is 15.9. The van der Waals surface area contributed by atoms with Gasteiger partial charge in [-0.05, 0) is 19.9 Å². The largest absolute Gasteiger partial charge is 0.365 e. The minimum atomic E-state index is -2.05. The van der Waals surface area contributed by atoms with Gasteiger partial charge in [0.1, 0.15) is 0 Å². The molecule has 0 aromatic carbocycles. The summed E-state index contributed by atoms with van der Waals surface area (Å²) in [7, 11) is 0. The molecule has 11 heteroatoms. The summed E-state index contributed by atoms with van der Waals surface area (Å²) in [4.78, 5) is 8.27. The predicted octanol–water partition coefficient (Wildman–Crippen LogP) is 4.26. The van der Waals surface area contributed by atoms with Crippen LogP contribution in [0.5, 0.6) is 0 Å². The number of alkyl halides is 6. The zero-order chi connectivity index (χ0) is 16.9. The van der Waals surface area contributed by atoms with Crippen LogP contribution in [0, 0.1) is 6.92 Å². The molecule has 122 valence electrons. The van der Waals surface area contributed by atoms with Gasteiger partial charge in [-0.3, -0.25) is 0 Å². The molecule has 0 bridgehead atoms. The molecule has 0 spiro atoms. The first-order chi connectivity index (χ1) is 9.84. The number of hydrogen-bond acceptors (Lipinski definition) is 5. The van der Waals surface area contributed by atoms with Crippen LogP contribution in [0.1, 0.15) is 24.7 Å². The van der Waals surface area contributed by atoms with Crippen LogP contribution >= 0.6 is 69.6 Å². The third-order valence-corrected chi connectivity index (χ3v) is 4.39. The van der Waals surface area contributed by atoms with Crippen LogP contribution in [0.3, 0.4) is 0 Å². The second-order valence-corrected chi connectivity index (χ2v) is 9.39. The summed E-state index contributed by atoms with van der Waals surface area (Å²) in [5.74, 6) is -0.0352. The Bertz CT molecular complexity index is 626. The quantitative estimate of drug-likeness (QED) is 0.681. The van der Waals surface area contributed by atoms with E-state index in [1.165, 1.54) is 6.07 Å². The monoisotopic (exact) mass is 424 g/mol. The van der Waals surface area contributed by atoms with Crippen molar-refractivity contribution in [2.24, 2.45) is 5.10 Å². The van der Waals surface area contributed by atoms with Crippen LogP contribution in [0.4, 0.5) is 5.95 Å². The Morgan fingerprint density at radius 3 is 2.23 bits per heavy atom. The lowest BCUT2D eigenvalue weighted by Gasteiger charge is -2.36. The number of aromatic nitrogens is 2. The van der Waals surface area contributed by atoms with Crippen molar-refractivity contribution in [2.75, 3.05) is 5.01 Å². The highest BCUT2D eigenvalue weighted by Crippen LogP contribution is 2.47. The Morgan fingerprint density at radius 1 is 1.14 bits per heavy atom. The van der Waals surface area contributed by atoms with E-state index in [-0.39, 0.29) is 18.1 Å². The van der Waals surface area contributed by atoms with Crippen LogP contribution in [-0.2, 0) is 3.79 Å². The molecule has 22 heavy (non-hydrogen) atoms. The van der Waals surface area contributed by atoms with E-state index >= 15 is 0 Å². The summed E-state index contributed by atoms with van der Waals surface area (Å²) < 4.78 is -3.82. The summed E-state index contributed by atoms with van der Waals surface area (Å²) in [6, 6.07) is 1.50. The van der Waals surface area contributed by atoms with E-state index < -0.39 is 13.3 Å². The van der Waals surface area contributed by atoms with E-state index in [2.05, 4.69) is 15.1 Å². The molecule has 1 aromatic heterocycles. The molecule has 0 saturated heterocycles. The average Bonchev–Trinajstić information content (AvgIpc) is 2.63. The fourth-order valence-corrected chi connectivity index (χ4v) is 2.67. The van der Waals surface area contributed by atoms with Crippen LogP contribution in [0.25, 0.3) is 0 Å². The fourth-order valence-electron chi connectivity index (χ4n) is 1.94. The van der Waals surface area contributed by atoms with Crippen molar-refractivity contribution in [3.8, 4) is 0 Å². The molecule has 0 amide bonds. The Labute approximate surface area is 157 Å². The minimum absolute atomic E-state index is 0.00387. The van der Waals surface area contributed by atoms with Gasteiger partial charge in [-0.25, -0.2) is 9.97 Å². The normalized spacial score (nSPS) is 23.0. The summed E-state index contributed by atoms with van der Waals surface area (Å²) in [6.45, 7) is 3.35. The van der Waals surface area contributed by atoms with Crippen molar-refractivity contribution >= 4 is 81.3 Å². The highest BCUT2D eigenvalue weighted by molar-refractivity contribution is 6.68. The maximum absolute atomic E-state index is 10.7. The van der Waals surface area contributed by atoms with Gasteiger partial charge in [0.2, 0.25) is 19.3 Å². The van der Waals surface area contributed by atoms with E-state index in [1.807, 2.05) is 0 Å². The van der Waals surface area contributed by atoms with E-state index in [0.29, 0.717) is 11.4 Å². The molecule has 1 aliphatic rings. The van der Waals surface area contributed by atoms with Gasteiger partial charge in [0.15, 0.2) is 0 Å². The maximum atomic E-state index is 10.7. The second-order valence-electron chi connectivity index (χ2n) is 4.83. The van der Waals surface area contributed by atoms with Gasteiger partial charge in [0, 0.05) is 17.8 Å². The lowest BCUT2D eigenvalue weighted by molar-refractivity contribution is 0.0549. The average molecular weight is 427 g/mol. The molecule has 2 rings (SSSR count). The Morgan fingerprint density at radius 2 is 1.73 bits per heavy atom. The molecule has 1 N–H and O–H groups in total. The maximum Gasteiger partial charge on any atom is 0.249 e. The fraction of sp³-hybridized carbons (Fsp3) is 0.545. The van der Waals surface area contributed by atoms with E-state index in [0.717, 1.165) is 5.01 Å². The molecule has 2 heterocycles. The van der Waals surface area contributed by atoms with Gasteiger partial charge in [0.05, 0.1) is 5.69 Å². The SMILES string of the molecule is CC1=NN(c2nc(C)cc(C(Cl)(Cl)Cl)n2)C(O)(C(Cl)(Cl)Cl)C1. The van der Waals surface area contributed by atoms with Gasteiger partial charge < -0.3 is 5.11 Å². The first kappa shape index (κ1) is 18.6. The molecule has 0 saturated carbocycles. The molecule has 0 radical (unpaired) electrons. The third-order valence-electron chi connectivity index (χ3n) is 2.90. The van der Waals surface area contributed by atoms with Gasteiger partial charge in [-0.15, -0.1) is 0 Å². The number of aliphatic hydroxyl groups is 1. The van der Waals surface area contributed by atoms with Crippen molar-refractivity contribution in [3.63, 3.8) is 0 Å². The van der Waals surface area contributed by atoms with Crippen LogP contribution in [0.15, 0.2) is 11.2 Å². The molecule has 1 unspecified atom stereocenters. The Balaban J connectivity index is 2.57. The summed E-state index contributed by atoms with van der Waals surface area (Å²) >= 11 is 35.2. The number of halogens is 6. The summed E-state index contributed by atoms with van der Waals surface area (Å²) in [6.07, 6.45) is 0.00387. The van der Waals surface area contributed by atoms with Crippen LogP contribution in [-0.4, -0.2) is 30.3 Å². The first-order valence-electron chi connectivity index (χ1n) is 5.91. The zero-order valence-electron chi connectivity index (χ0n) is 11.3. The topological polar surface area (TPSA) is 61.6 Å². The van der Waals surface area contributed by atoms with E-state index in [9.17, 15) is 5.11 Å². The third kappa shape index (κ3) is 3.51. The van der Waals surface area contributed by atoms with Crippen LogP contribution < -0.4 is 5.01 Å². The molecular formula is C11H10Cl6N4O. The molecule has 0 fully saturated rings. The molecule has 1 aromatic rings. The van der Waals surface area contributed by atoms with Crippen molar-refractivity contribution in [3.05, 3.63) is 17.5 Å². The zero-order valence-corrected chi connectivity index (χ0v) is 15.8. The smallest absolute Gasteiger partial charge is 0.249 e. The number of hydrogen-bond donors (Lipinski definition) is 1. The standard InChI is InChI=1S/C11H10Cl6N4O/c1-5-3-7(10(12,13)14)19-8(18-5)21-9(22,11(15,16)17)4-6(2)20-21/h3,22H,4H2,1-2H3. The van der Waals surface area contributed by atoms with E-state index in [4.69, 9.17) is 69.6 Å². The number of rotatable bonds is 1. The molecular weight excluding hydrogens is 417 g/mol. The number of nitrogens with zero attached hydrogens (tertiary/aromatic N) is 4. The number of aryl methyl sites for hydroxylation is 1. The second kappa shape index (κ2) is 5.96. The first-order valence-corrected chi connectivity index (χ1v) is 8.17. The molecule has 1 atom stereocenters. The van der Waals surface area contributed by atoms with Gasteiger partial charge in [0.25, 0.3) is 0 Å². The van der Waals surface area contributed by atoms with Gasteiger partial charge in [-0.1, -0.05) is 69.6 Å². The van der Waals surface area contributed by atoms with Gasteiger partial charge in [-0.2, -0.15) is 10.1 Å². The highest BCUT2D eigenvalue weighted by atomic mass is 35.6. The lowest BCUT2D eigenvalue weighted by Crippen LogP contribution is -2.54. The highest BCUT2D eigenvalue weighted by Gasteiger charge is 2.56. The molecule has 5 nitrogen and oxygen atoms in total. The van der Waals surface area contributed by atoms with Crippen molar-refractivity contribution in [1.29, 1.82) is 0 Å². The van der Waals surface area contributed by atoms with Crippen LogP contribution in [0.2, 0.25) is 0 Å². The Kier molecular flexibility index (Phi) is 5.03. The molecule has 0 aliphatic carbocycles. The Hall–Kier alpha value is 0.250. The van der Waals surface area contributed by atoms with Crippen molar-refractivity contribution < 1.29 is 5.11 Å². The molecule has 1 aliphatic heterocycles.